The highest BCUT2D eigenvalue weighted by Gasteiger charge is 2.26. The van der Waals surface area contributed by atoms with Crippen LogP contribution in [0.4, 0.5) is 0 Å². The summed E-state index contributed by atoms with van der Waals surface area (Å²) in [6, 6.07) is 7.50. The molecule has 7 heteroatoms. The van der Waals surface area contributed by atoms with Crippen LogP contribution in [0, 0.1) is 0 Å². The molecule has 0 fully saturated rings. The second kappa shape index (κ2) is 7.08. The summed E-state index contributed by atoms with van der Waals surface area (Å²) in [4.78, 5) is 11.5. The van der Waals surface area contributed by atoms with Gasteiger partial charge in [-0.25, -0.2) is 0 Å². The van der Waals surface area contributed by atoms with Crippen molar-refractivity contribution in [3.63, 3.8) is 0 Å². The highest BCUT2D eigenvalue weighted by Crippen LogP contribution is 2.36. The Hall–Kier alpha value is -1.95. The van der Waals surface area contributed by atoms with Crippen molar-refractivity contribution >= 4 is 29.1 Å². The molecule has 2 aromatic carbocycles. The number of hydrogen-bond acceptors (Lipinski definition) is 4. The summed E-state index contributed by atoms with van der Waals surface area (Å²) < 4.78 is 0. The molecule has 5 nitrogen and oxygen atoms in total. The lowest BCUT2D eigenvalue weighted by Crippen LogP contribution is -2.35. The minimum absolute atomic E-state index is 0.0107. The predicted octanol–water partition coefficient (Wildman–Crippen LogP) is 3.28. The molecule has 0 aliphatic rings. The Morgan fingerprint density at radius 3 is 1.96 bits per heavy atom. The third-order valence-corrected chi connectivity index (χ3v) is 4.03. The van der Waals surface area contributed by atoms with Gasteiger partial charge in [0.15, 0.2) is 0 Å². The van der Waals surface area contributed by atoms with Crippen molar-refractivity contribution in [2.24, 2.45) is 5.73 Å². The molecule has 0 saturated heterocycles. The molecule has 0 heterocycles. The fraction of sp³-hybridized carbons (Fsp3) is 0.188. The quantitative estimate of drug-likeness (QED) is 0.677. The van der Waals surface area contributed by atoms with Crippen LogP contribution in [0.2, 0.25) is 10.0 Å². The van der Waals surface area contributed by atoms with E-state index in [1.54, 1.807) is 12.1 Å². The molecule has 2 atom stereocenters. The van der Waals surface area contributed by atoms with Gasteiger partial charge in [-0.1, -0.05) is 35.3 Å². The van der Waals surface area contributed by atoms with Gasteiger partial charge in [-0.15, -0.1) is 0 Å². The third-order valence-electron chi connectivity index (χ3n) is 3.38. The smallest absolute Gasteiger partial charge is 0.217 e. The summed E-state index contributed by atoms with van der Waals surface area (Å²) in [5, 5.41) is 22.2. The number of phenols is 2. The highest BCUT2D eigenvalue weighted by molar-refractivity contribution is 6.32. The number of amides is 1. The molecule has 0 aliphatic carbocycles. The Morgan fingerprint density at radius 2 is 1.52 bits per heavy atom. The molecule has 1 amide bonds. The van der Waals surface area contributed by atoms with Gasteiger partial charge in [0.1, 0.15) is 11.5 Å². The topological polar surface area (TPSA) is 95.6 Å². The van der Waals surface area contributed by atoms with Gasteiger partial charge in [0.05, 0.1) is 12.1 Å². The average molecular weight is 355 g/mol. The van der Waals surface area contributed by atoms with E-state index in [0.29, 0.717) is 11.1 Å². The number of benzene rings is 2. The number of aromatic hydroxyl groups is 2. The van der Waals surface area contributed by atoms with Crippen LogP contribution < -0.4 is 11.1 Å². The van der Waals surface area contributed by atoms with Crippen LogP contribution in [0.5, 0.6) is 11.5 Å². The van der Waals surface area contributed by atoms with Crippen LogP contribution in [0.1, 0.15) is 30.1 Å². The first kappa shape index (κ1) is 17.4. The van der Waals surface area contributed by atoms with E-state index in [-0.39, 0.29) is 27.5 Å². The van der Waals surface area contributed by atoms with Crippen molar-refractivity contribution in [2.45, 2.75) is 19.0 Å². The summed E-state index contributed by atoms with van der Waals surface area (Å²) in [6.45, 7) is 1.37. The Kier molecular flexibility index (Phi) is 5.36. The molecule has 2 rings (SSSR count). The van der Waals surface area contributed by atoms with Crippen molar-refractivity contribution in [2.75, 3.05) is 0 Å². The molecule has 23 heavy (non-hydrogen) atoms. The van der Waals surface area contributed by atoms with Gasteiger partial charge in [0.2, 0.25) is 5.91 Å². The fourth-order valence-electron chi connectivity index (χ4n) is 2.31. The summed E-state index contributed by atoms with van der Waals surface area (Å²) in [7, 11) is 0. The van der Waals surface area contributed by atoms with Gasteiger partial charge in [0.25, 0.3) is 0 Å². The number of carbonyl (C=O) groups excluding carboxylic acids is 1. The molecular weight excluding hydrogens is 339 g/mol. The number of nitrogens with one attached hydrogen (secondary N) is 1. The van der Waals surface area contributed by atoms with Crippen molar-refractivity contribution < 1.29 is 15.0 Å². The summed E-state index contributed by atoms with van der Waals surface area (Å²) in [5.74, 6) is -0.259. The van der Waals surface area contributed by atoms with E-state index in [9.17, 15) is 15.0 Å². The number of rotatable bonds is 4. The SMILES string of the molecule is CC(=O)N[C@H](c1ccc(O)cc1Cl)[C@@H](N)c1ccc(O)cc1Cl. The van der Waals surface area contributed by atoms with Crippen molar-refractivity contribution in [1.82, 2.24) is 5.32 Å². The first-order valence-corrected chi connectivity index (χ1v) is 7.54. The van der Waals surface area contributed by atoms with Crippen molar-refractivity contribution in [3.8, 4) is 11.5 Å². The number of halogens is 2. The fourth-order valence-corrected chi connectivity index (χ4v) is 2.91. The van der Waals surface area contributed by atoms with Crippen LogP contribution >= 0.6 is 23.2 Å². The maximum atomic E-state index is 11.5. The van der Waals surface area contributed by atoms with Crippen LogP contribution in [0.25, 0.3) is 0 Å². The Balaban J connectivity index is 2.47. The zero-order chi connectivity index (χ0) is 17.1. The number of phenolic OH excluding ortho intramolecular Hbond substituents is 2. The molecular formula is C16H16Cl2N2O3. The van der Waals surface area contributed by atoms with Crippen LogP contribution in [0.3, 0.4) is 0 Å². The van der Waals surface area contributed by atoms with Crippen LogP contribution in [0.15, 0.2) is 36.4 Å². The molecule has 5 N–H and O–H groups in total. The summed E-state index contributed by atoms with van der Waals surface area (Å²) in [6.07, 6.45) is 0. The van der Waals surface area contributed by atoms with Gasteiger partial charge in [0, 0.05) is 17.0 Å². The molecule has 0 aliphatic heterocycles. The molecule has 0 unspecified atom stereocenters. The van der Waals surface area contributed by atoms with Gasteiger partial charge in [-0.2, -0.15) is 0 Å². The van der Waals surface area contributed by atoms with E-state index in [1.165, 1.54) is 31.2 Å². The number of nitrogens with two attached hydrogens (primary N) is 1. The maximum Gasteiger partial charge on any atom is 0.217 e. The first-order valence-electron chi connectivity index (χ1n) is 6.79. The van der Waals surface area contributed by atoms with E-state index >= 15 is 0 Å². The standard InChI is InChI=1S/C16H16Cl2N2O3/c1-8(21)20-16(12-5-3-10(23)7-14(12)18)15(19)11-4-2-9(22)6-13(11)17/h2-7,15-16,22-23H,19H2,1H3,(H,20,21)/t15-,16+/m0/s1. The largest absolute Gasteiger partial charge is 0.508 e. The Bertz CT molecular complexity index is 737. The Labute approximate surface area is 143 Å². The van der Waals surface area contributed by atoms with E-state index in [1.807, 2.05) is 0 Å². The van der Waals surface area contributed by atoms with Crippen LogP contribution in [-0.2, 0) is 4.79 Å². The number of carbonyl (C=O) groups is 1. The van der Waals surface area contributed by atoms with E-state index in [4.69, 9.17) is 28.9 Å². The zero-order valence-corrected chi connectivity index (χ0v) is 13.8. The lowest BCUT2D eigenvalue weighted by Gasteiger charge is -2.27. The molecule has 0 spiro atoms. The summed E-state index contributed by atoms with van der Waals surface area (Å²) >= 11 is 12.3. The minimum atomic E-state index is -0.700. The van der Waals surface area contributed by atoms with E-state index in [2.05, 4.69) is 5.32 Å². The zero-order valence-electron chi connectivity index (χ0n) is 12.3. The van der Waals surface area contributed by atoms with Crippen LogP contribution in [-0.4, -0.2) is 16.1 Å². The molecule has 0 bridgehead atoms. The second-order valence-electron chi connectivity index (χ2n) is 5.12. The number of hydrogen-bond donors (Lipinski definition) is 4. The first-order chi connectivity index (χ1) is 10.8. The molecule has 0 saturated carbocycles. The van der Waals surface area contributed by atoms with Gasteiger partial charge in [-0.05, 0) is 35.4 Å². The lowest BCUT2D eigenvalue weighted by molar-refractivity contribution is -0.119. The molecule has 0 radical (unpaired) electrons. The predicted molar refractivity (Wildman–Crippen MR) is 89.7 cm³/mol. The van der Waals surface area contributed by atoms with E-state index in [0.717, 1.165) is 0 Å². The van der Waals surface area contributed by atoms with Crippen molar-refractivity contribution in [1.29, 1.82) is 0 Å². The van der Waals surface area contributed by atoms with Gasteiger partial charge >= 0.3 is 0 Å². The second-order valence-corrected chi connectivity index (χ2v) is 5.93. The lowest BCUT2D eigenvalue weighted by atomic mass is 9.93. The molecule has 122 valence electrons. The van der Waals surface area contributed by atoms with Gasteiger partial charge in [-0.3, -0.25) is 4.79 Å². The third kappa shape index (κ3) is 4.07. The molecule has 2 aromatic rings. The minimum Gasteiger partial charge on any atom is -0.508 e. The average Bonchev–Trinajstić information content (AvgIpc) is 2.44. The Morgan fingerprint density at radius 1 is 1.04 bits per heavy atom. The molecule has 0 aromatic heterocycles. The summed E-state index contributed by atoms with van der Waals surface area (Å²) in [5.41, 5.74) is 7.38. The highest BCUT2D eigenvalue weighted by atomic mass is 35.5. The maximum absolute atomic E-state index is 11.5. The van der Waals surface area contributed by atoms with Gasteiger partial charge < -0.3 is 21.3 Å². The van der Waals surface area contributed by atoms with Crippen molar-refractivity contribution in [3.05, 3.63) is 57.6 Å². The van der Waals surface area contributed by atoms with E-state index < -0.39 is 12.1 Å². The normalized spacial score (nSPS) is 13.4. The monoisotopic (exact) mass is 354 g/mol.